The van der Waals surface area contributed by atoms with Gasteiger partial charge in [-0.25, -0.2) is 0 Å². The van der Waals surface area contributed by atoms with E-state index in [4.69, 9.17) is 9.47 Å². The Balaban J connectivity index is 2.03. The molecule has 23 heavy (non-hydrogen) atoms. The average molecular weight is 308 g/mol. The van der Waals surface area contributed by atoms with Crippen molar-refractivity contribution in [2.75, 3.05) is 14.2 Å². The highest BCUT2D eigenvalue weighted by atomic mass is 16.5. The van der Waals surface area contributed by atoms with E-state index in [1.54, 1.807) is 14.2 Å². The van der Waals surface area contributed by atoms with Crippen molar-refractivity contribution in [2.45, 2.75) is 13.8 Å². The molecule has 0 saturated carbocycles. The Morgan fingerprint density at radius 1 is 0.826 bits per heavy atom. The predicted molar refractivity (Wildman–Crippen MR) is 88.7 cm³/mol. The molecule has 0 bridgehead atoms. The molecule has 1 heterocycles. The largest absolute Gasteiger partial charge is 0.497 e. The van der Waals surface area contributed by atoms with Gasteiger partial charge in [0.15, 0.2) is 0 Å². The molecule has 0 aliphatic rings. The zero-order valence-corrected chi connectivity index (χ0v) is 13.8. The van der Waals surface area contributed by atoms with E-state index in [0.29, 0.717) is 0 Å². The van der Waals surface area contributed by atoms with Gasteiger partial charge in [-0.15, -0.1) is 0 Å². The van der Waals surface area contributed by atoms with Gasteiger partial charge in [0.2, 0.25) is 0 Å². The number of benzene rings is 2. The maximum absolute atomic E-state index is 5.22. The monoisotopic (exact) mass is 308 g/mol. The molecule has 0 unspecified atom stereocenters. The van der Waals surface area contributed by atoms with Gasteiger partial charge in [-0.2, -0.15) is 0 Å². The van der Waals surface area contributed by atoms with E-state index in [1.165, 1.54) is 0 Å². The van der Waals surface area contributed by atoms with E-state index in [-0.39, 0.29) is 0 Å². The second kappa shape index (κ2) is 6.16. The van der Waals surface area contributed by atoms with Crippen molar-refractivity contribution >= 4 is 0 Å². The van der Waals surface area contributed by atoms with Crippen LogP contribution in [0.2, 0.25) is 0 Å². The Kier molecular flexibility index (Phi) is 4.06. The summed E-state index contributed by atoms with van der Waals surface area (Å²) in [5, 5.41) is 0. The van der Waals surface area contributed by atoms with Crippen molar-refractivity contribution in [3.63, 3.8) is 0 Å². The third kappa shape index (κ3) is 2.80. The van der Waals surface area contributed by atoms with Gasteiger partial charge in [0.25, 0.3) is 6.33 Å². The second-order valence-electron chi connectivity index (χ2n) is 5.34. The van der Waals surface area contributed by atoms with Crippen LogP contribution in [0, 0.1) is 20.2 Å². The average Bonchev–Trinajstić information content (AvgIpc) is 2.91. The maximum Gasteiger partial charge on any atom is 0.269 e. The van der Waals surface area contributed by atoms with Crippen LogP contribution in [0.4, 0.5) is 0 Å². The highest BCUT2D eigenvalue weighted by Crippen LogP contribution is 2.18. The fourth-order valence-corrected chi connectivity index (χ4v) is 2.54. The summed E-state index contributed by atoms with van der Waals surface area (Å²) in [4.78, 5) is 0. The molecule has 3 aromatic rings. The lowest BCUT2D eigenvalue weighted by molar-refractivity contribution is -0.606. The Morgan fingerprint density at radius 2 is 1.35 bits per heavy atom. The smallest absolute Gasteiger partial charge is 0.269 e. The van der Waals surface area contributed by atoms with Gasteiger partial charge >= 0.3 is 0 Å². The molecule has 118 valence electrons. The van der Waals surface area contributed by atoms with Gasteiger partial charge in [0.05, 0.1) is 37.0 Å². The van der Waals surface area contributed by atoms with Gasteiger partial charge in [-0.05, 0) is 62.4 Å². The Hall–Kier alpha value is -2.75. The fraction of sp³-hybridized carbons (Fsp3) is 0.211. The molecular formula is C19H20N2O2. The molecule has 0 spiro atoms. The summed E-state index contributed by atoms with van der Waals surface area (Å²) >= 11 is 0. The molecule has 1 aromatic heterocycles. The Morgan fingerprint density at radius 3 is 1.87 bits per heavy atom. The Bertz CT molecular complexity index is 735. The van der Waals surface area contributed by atoms with Crippen LogP contribution in [0.1, 0.15) is 11.4 Å². The Labute approximate surface area is 136 Å². The summed E-state index contributed by atoms with van der Waals surface area (Å²) in [5.41, 5.74) is 4.40. The molecule has 0 saturated heterocycles. The van der Waals surface area contributed by atoms with Gasteiger partial charge in [0.1, 0.15) is 11.5 Å². The van der Waals surface area contributed by atoms with Crippen LogP contribution in [0.25, 0.3) is 11.4 Å². The summed E-state index contributed by atoms with van der Waals surface area (Å²) in [6.45, 7) is 4.19. The standard InChI is InChI=1S/C19H20N2O2/c1-14-15(2)21(17-7-11-19(23-4)12-8-17)13-20(14)16-5-9-18(22-3)10-6-16/h5-12H,1-4H3. The quantitative estimate of drug-likeness (QED) is 0.547. The van der Waals surface area contributed by atoms with Crippen molar-refractivity contribution < 1.29 is 14.0 Å². The minimum absolute atomic E-state index is 0.846. The summed E-state index contributed by atoms with van der Waals surface area (Å²) in [6, 6.07) is 15.9. The molecule has 3 rings (SSSR count). The molecule has 0 aliphatic carbocycles. The fourth-order valence-electron chi connectivity index (χ4n) is 2.54. The van der Waals surface area contributed by atoms with Crippen molar-refractivity contribution in [1.29, 1.82) is 0 Å². The van der Waals surface area contributed by atoms with Gasteiger partial charge in [0, 0.05) is 0 Å². The van der Waals surface area contributed by atoms with Crippen LogP contribution < -0.4 is 14.0 Å². The first kappa shape index (κ1) is 15.2. The lowest BCUT2D eigenvalue weighted by Crippen LogP contribution is -2.32. The highest BCUT2D eigenvalue weighted by molar-refractivity contribution is 5.39. The highest BCUT2D eigenvalue weighted by Gasteiger charge is 2.12. The molecule has 0 radical (unpaired) electrons. The van der Waals surface area contributed by atoms with E-state index < -0.39 is 0 Å². The lowest BCUT2D eigenvalue weighted by atomic mass is 10.2. The van der Waals surface area contributed by atoms with E-state index >= 15 is 0 Å². The minimum atomic E-state index is 0.846. The number of nitrogens with zero attached hydrogens (tertiary/aromatic N) is 2. The second-order valence-corrected chi connectivity index (χ2v) is 5.34. The number of ether oxygens (including phenoxy) is 2. The first-order chi connectivity index (χ1) is 11.1. The first-order valence-corrected chi connectivity index (χ1v) is 7.46. The predicted octanol–water partition coefficient (Wildman–Crippen LogP) is 3.19. The molecule has 0 fully saturated rings. The zero-order valence-electron chi connectivity index (χ0n) is 13.8. The molecule has 0 N–H and O–H groups in total. The van der Waals surface area contributed by atoms with E-state index in [0.717, 1.165) is 34.3 Å². The van der Waals surface area contributed by atoms with Crippen LogP contribution in [-0.2, 0) is 0 Å². The third-order valence-electron chi connectivity index (χ3n) is 4.06. The molecule has 2 aromatic carbocycles. The van der Waals surface area contributed by atoms with Crippen molar-refractivity contribution in [1.82, 2.24) is 4.57 Å². The topological polar surface area (TPSA) is 27.3 Å². The summed E-state index contributed by atoms with van der Waals surface area (Å²) < 4.78 is 14.5. The number of aromatic nitrogens is 2. The number of hydrogen-bond acceptors (Lipinski definition) is 2. The zero-order chi connectivity index (χ0) is 16.4. The van der Waals surface area contributed by atoms with Crippen molar-refractivity contribution in [3.05, 3.63) is 66.2 Å². The van der Waals surface area contributed by atoms with Crippen molar-refractivity contribution in [2.24, 2.45) is 0 Å². The summed E-state index contributed by atoms with van der Waals surface area (Å²) in [6.07, 6.45) is 3.41. The third-order valence-corrected chi connectivity index (χ3v) is 4.06. The number of rotatable bonds is 4. The summed E-state index contributed by atoms with van der Waals surface area (Å²) in [5.74, 6) is 1.69. The van der Waals surface area contributed by atoms with E-state index in [9.17, 15) is 0 Å². The number of imidazole rings is 1. The van der Waals surface area contributed by atoms with Crippen LogP contribution in [0.15, 0.2) is 48.5 Å². The van der Waals surface area contributed by atoms with Gasteiger partial charge < -0.3 is 9.47 Å². The lowest BCUT2D eigenvalue weighted by Gasteiger charge is -2.05. The van der Waals surface area contributed by atoms with Crippen molar-refractivity contribution in [3.8, 4) is 22.9 Å². The maximum atomic E-state index is 5.22. The van der Waals surface area contributed by atoms with Crippen LogP contribution in [-0.4, -0.2) is 18.8 Å². The van der Waals surface area contributed by atoms with Crippen LogP contribution in [0.3, 0.4) is 0 Å². The minimum Gasteiger partial charge on any atom is -0.497 e. The van der Waals surface area contributed by atoms with E-state index in [2.05, 4.69) is 29.3 Å². The summed E-state index contributed by atoms with van der Waals surface area (Å²) in [7, 11) is 3.34. The molecular weight excluding hydrogens is 288 g/mol. The van der Waals surface area contributed by atoms with E-state index in [1.807, 2.05) is 48.5 Å². The normalized spacial score (nSPS) is 10.6. The van der Waals surface area contributed by atoms with Gasteiger partial charge in [-0.3, -0.25) is 9.13 Å². The number of hydrogen-bond donors (Lipinski definition) is 0. The molecule has 0 amide bonds. The number of methoxy groups -OCH3 is 2. The van der Waals surface area contributed by atoms with Crippen LogP contribution in [0.5, 0.6) is 11.5 Å². The molecule has 4 heteroatoms. The molecule has 0 atom stereocenters. The molecule has 0 aliphatic heterocycles. The first-order valence-electron chi connectivity index (χ1n) is 7.46. The SMILES string of the molecule is COc1ccc(-n2[c-][n+](-c3ccc(OC)cc3)c(C)c2C)cc1. The molecule has 4 nitrogen and oxygen atoms in total. The van der Waals surface area contributed by atoms with Gasteiger partial charge in [-0.1, -0.05) is 0 Å². The van der Waals surface area contributed by atoms with Crippen LogP contribution >= 0.6 is 0 Å².